The van der Waals surface area contributed by atoms with E-state index >= 15 is 0 Å². The van der Waals surface area contributed by atoms with Gasteiger partial charge in [0.15, 0.2) is 17.5 Å². The summed E-state index contributed by atoms with van der Waals surface area (Å²) in [6.45, 7) is 0.822. The molecule has 0 aromatic heterocycles. The molecule has 0 aliphatic heterocycles. The number of carbonyl (C=O) groups excluding carboxylic acids is 1. The zero-order valence-electron chi connectivity index (χ0n) is 11.7. The Balaban J connectivity index is 2.04. The Morgan fingerprint density at radius 3 is 2.24 bits per heavy atom. The molecule has 21 heavy (non-hydrogen) atoms. The molecule has 0 spiro atoms. The van der Waals surface area contributed by atoms with E-state index in [9.17, 15) is 18.0 Å². The molecular formula is C15H19F3N2O. The molecule has 0 saturated heterocycles. The number of amides is 1. The quantitative estimate of drug-likeness (QED) is 0.840. The van der Waals surface area contributed by atoms with Gasteiger partial charge in [-0.1, -0.05) is 19.3 Å². The van der Waals surface area contributed by atoms with Crippen LogP contribution in [0.2, 0.25) is 0 Å². The molecule has 0 bridgehead atoms. The van der Waals surface area contributed by atoms with Crippen molar-refractivity contribution >= 4 is 5.91 Å². The maximum Gasteiger partial charge on any atom is 0.251 e. The zero-order chi connectivity index (χ0) is 15.5. The average molecular weight is 300 g/mol. The summed E-state index contributed by atoms with van der Waals surface area (Å²) in [6.07, 6.45) is 5.13. The maximum atomic E-state index is 13.1. The number of hydrogen-bond acceptors (Lipinski definition) is 2. The Hall–Kier alpha value is -1.56. The highest BCUT2D eigenvalue weighted by Gasteiger charge is 2.31. The Bertz CT molecular complexity index is 505. The lowest BCUT2D eigenvalue weighted by Crippen LogP contribution is -2.43. The zero-order valence-corrected chi connectivity index (χ0v) is 11.7. The summed E-state index contributed by atoms with van der Waals surface area (Å²) in [6, 6.07) is 1.40. The van der Waals surface area contributed by atoms with Crippen LogP contribution in [0.1, 0.15) is 42.5 Å². The summed E-state index contributed by atoms with van der Waals surface area (Å²) in [5, 5.41) is 2.66. The number of nitrogens with two attached hydrogens (primary N) is 1. The fourth-order valence-electron chi connectivity index (χ4n) is 2.81. The standard InChI is InChI=1S/C15H19F3N2O/c16-11-6-10(7-12(17)13(11)18)14(21)20-9-15(8-19)4-2-1-3-5-15/h6-7H,1-5,8-9,19H2,(H,20,21). The van der Waals surface area contributed by atoms with Crippen molar-refractivity contribution in [3.63, 3.8) is 0 Å². The van der Waals surface area contributed by atoms with Crippen molar-refractivity contribution in [2.24, 2.45) is 11.1 Å². The minimum absolute atomic E-state index is 0.148. The van der Waals surface area contributed by atoms with E-state index in [1.54, 1.807) is 0 Å². The highest BCUT2D eigenvalue weighted by atomic mass is 19.2. The van der Waals surface area contributed by atoms with Crippen molar-refractivity contribution in [2.75, 3.05) is 13.1 Å². The van der Waals surface area contributed by atoms with Crippen molar-refractivity contribution in [3.8, 4) is 0 Å². The van der Waals surface area contributed by atoms with Crippen LogP contribution in [0.3, 0.4) is 0 Å². The highest BCUT2D eigenvalue weighted by molar-refractivity contribution is 5.94. The van der Waals surface area contributed by atoms with Crippen LogP contribution in [0.25, 0.3) is 0 Å². The molecule has 0 atom stereocenters. The molecule has 1 aromatic rings. The van der Waals surface area contributed by atoms with Gasteiger partial charge >= 0.3 is 0 Å². The lowest BCUT2D eigenvalue weighted by molar-refractivity contribution is 0.0913. The monoisotopic (exact) mass is 300 g/mol. The van der Waals surface area contributed by atoms with Crippen LogP contribution in [0.4, 0.5) is 13.2 Å². The third-order valence-corrected chi connectivity index (χ3v) is 4.22. The maximum absolute atomic E-state index is 13.1. The van der Waals surface area contributed by atoms with Crippen LogP contribution in [-0.2, 0) is 0 Å². The molecule has 6 heteroatoms. The Morgan fingerprint density at radius 1 is 1.14 bits per heavy atom. The third kappa shape index (κ3) is 3.56. The molecular weight excluding hydrogens is 281 g/mol. The minimum atomic E-state index is -1.57. The number of nitrogens with one attached hydrogen (secondary N) is 1. The lowest BCUT2D eigenvalue weighted by atomic mass is 9.74. The first-order chi connectivity index (χ1) is 9.97. The van der Waals surface area contributed by atoms with Crippen LogP contribution < -0.4 is 11.1 Å². The lowest BCUT2D eigenvalue weighted by Gasteiger charge is -2.36. The van der Waals surface area contributed by atoms with E-state index in [1.807, 2.05) is 0 Å². The minimum Gasteiger partial charge on any atom is -0.351 e. The molecule has 1 aliphatic carbocycles. The molecule has 1 amide bonds. The van der Waals surface area contributed by atoms with Gasteiger partial charge in [0, 0.05) is 12.1 Å². The number of rotatable bonds is 4. The molecule has 1 aliphatic rings. The first kappa shape index (κ1) is 15.8. The van der Waals surface area contributed by atoms with Crippen molar-refractivity contribution in [3.05, 3.63) is 35.1 Å². The van der Waals surface area contributed by atoms with Gasteiger partial charge in [-0.15, -0.1) is 0 Å². The van der Waals surface area contributed by atoms with E-state index in [0.717, 1.165) is 32.1 Å². The number of carbonyl (C=O) groups is 1. The van der Waals surface area contributed by atoms with Gasteiger partial charge in [0.05, 0.1) is 0 Å². The van der Waals surface area contributed by atoms with Gasteiger partial charge in [0.2, 0.25) is 0 Å². The summed E-state index contributed by atoms with van der Waals surface area (Å²) < 4.78 is 39.1. The van der Waals surface area contributed by atoms with Gasteiger partial charge in [-0.2, -0.15) is 0 Å². The number of benzene rings is 1. The molecule has 0 radical (unpaired) electrons. The molecule has 1 fully saturated rings. The molecule has 1 saturated carbocycles. The first-order valence-corrected chi connectivity index (χ1v) is 7.10. The molecule has 2 rings (SSSR count). The van der Waals surface area contributed by atoms with Crippen molar-refractivity contribution in [1.82, 2.24) is 5.32 Å². The first-order valence-electron chi connectivity index (χ1n) is 7.10. The van der Waals surface area contributed by atoms with Gasteiger partial charge in [0.1, 0.15) is 0 Å². The third-order valence-electron chi connectivity index (χ3n) is 4.22. The molecule has 3 nitrogen and oxygen atoms in total. The number of hydrogen-bond donors (Lipinski definition) is 2. The van der Waals surface area contributed by atoms with E-state index < -0.39 is 23.4 Å². The molecule has 0 unspecified atom stereocenters. The second-order valence-corrected chi connectivity index (χ2v) is 5.70. The smallest absolute Gasteiger partial charge is 0.251 e. The Kier molecular flexibility index (Phi) is 4.88. The fourth-order valence-corrected chi connectivity index (χ4v) is 2.81. The predicted octanol–water partition coefficient (Wildman–Crippen LogP) is 2.74. The summed E-state index contributed by atoms with van der Waals surface area (Å²) in [5.74, 6) is -4.93. The van der Waals surface area contributed by atoms with Crippen LogP contribution in [0, 0.1) is 22.9 Å². The predicted molar refractivity (Wildman–Crippen MR) is 73.2 cm³/mol. The van der Waals surface area contributed by atoms with Gasteiger partial charge in [-0.3, -0.25) is 4.79 Å². The topological polar surface area (TPSA) is 55.1 Å². The van der Waals surface area contributed by atoms with E-state index in [-0.39, 0.29) is 11.0 Å². The van der Waals surface area contributed by atoms with Crippen molar-refractivity contribution in [2.45, 2.75) is 32.1 Å². The second kappa shape index (κ2) is 6.47. The molecule has 0 heterocycles. The Morgan fingerprint density at radius 2 is 1.71 bits per heavy atom. The summed E-state index contributed by atoms with van der Waals surface area (Å²) >= 11 is 0. The van der Waals surface area contributed by atoms with Crippen molar-refractivity contribution in [1.29, 1.82) is 0 Å². The van der Waals surface area contributed by atoms with Gasteiger partial charge in [-0.25, -0.2) is 13.2 Å². The SMILES string of the molecule is NCC1(CNC(=O)c2cc(F)c(F)c(F)c2)CCCCC1. The second-order valence-electron chi connectivity index (χ2n) is 5.70. The highest BCUT2D eigenvalue weighted by Crippen LogP contribution is 2.34. The van der Waals surface area contributed by atoms with Gasteiger partial charge < -0.3 is 11.1 Å². The Labute approximate surface area is 121 Å². The van der Waals surface area contributed by atoms with Gasteiger partial charge in [-0.05, 0) is 36.9 Å². The normalized spacial score (nSPS) is 17.5. The van der Waals surface area contributed by atoms with E-state index in [0.29, 0.717) is 25.2 Å². The summed E-state index contributed by atoms with van der Waals surface area (Å²) in [4.78, 5) is 12.0. The van der Waals surface area contributed by atoms with Crippen LogP contribution >= 0.6 is 0 Å². The number of halogens is 3. The van der Waals surface area contributed by atoms with Crippen LogP contribution in [0.5, 0.6) is 0 Å². The molecule has 1 aromatic carbocycles. The van der Waals surface area contributed by atoms with E-state index in [4.69, 9.17) is 5.73 Å². The average Bonchev–Trinajstić information content (AvgIpc) is 2.50. The van der Waals surface area contributed by atoms with Crippen LogP contribution in [0.15, 0.2) is 12.1 Å². The van der Waals surface area contributed by atoms with E-state index in [2.05, 4.69) is 5.32 Å². The van der Waals surface area contributed by atoms with Crippen LogP contribution in [-0.4, -0.2) is 19.0 Å². The van der Waals surface area contributed by atoms with Gasteiger partial charge in [0.25, 0.3) is 5.91 Å². The van der Waals surface area contributed by atoms with E-state index in [1.165, 1.54) is 0 Å². The molecule has 3 N–H and O–H groups in total. The molecule has 116 valence electrons. The summed E-state index contributed by atoms with van der Waals surface area (Å²) in [5.41, 5.74) is 5.44. The largest absolute Gasteiger partial charge is 0.351 e. The fraction of sp³-hybridized carbons (Fsp3) is 0.533. The van der Waals surface area contributed by atoms with Crippen molar-refractivity contribution < 1.29 is 18.0 Å². The summed E-state index contributed by atoms with van der Waals surface area (Å²) in [7, 11) is 0.